The smallest absolute Gasteiger partial charge is 0.225 e. The van der Waals surface area contributed by atoms with Crippen molar-refractivity contribution in [1.82, 2.24) is 15.5 Å². The highest BCUT2D eigenvalue weighted by molar-refractivity contribution is 14.0. The third kappa shape index (κ3) is 7.20. The second kappa shape index (κ2) is 11.4. The highest BCUT2D eigenvalue weighted by Gasteiger charge is 2.27. The first-order valence-corrected chi connectivity index (χ1v) is 9.50. The summed E-state index contributed by atoms with van der Waals surface area (Å²) in [5.74, 6) is 1.10. The fourth-order valence-electron chi connectivity index (χ4n) is 3.03. The molecule has 0 aromatic heterocycles. The van der Waals surface area contributed by atoms with Crippen molar-refractivity contribution in [3.05, 3.63) is 29.8 Å². The zero-order valence-electron chi connectivity index (χ0n) is 17.2. The topological polar surface area (TPSA) is 60.0 Å². The van der Waals surface area contributed by atoms with Gasteiger partial charge in [-0.15, -0.1) is 24.0 Å². The van der Waals surface area contributed by atoms with Crippen LogP contribution in [0.5, 0.6) is 0 Å². The van der Waals surface area contributed by atoms with Gasteiger partial charge in [0.1, 0.15) is 0 Å². The van der Waals surface area contributed by atoms with Crippen molar-refractivity contribution in [1.29, 1.82) is 0 Å². The van der Waals surface area contributed by atoms with E-state index >= 15 is 0 Å². The predicted molar refractivity (Wildman–Crippen MR) is 124 cm³/mol. The minimum atomic E-state index is 0. The van der Waals surface area contributed by atoms with E-state index in [2.05, 4.69) is 46.7 Å². The molecular weight excluding hydrogens is 453 g/mol. The third-order valence-corrected chi connectivity index (χ3v) is 4.55. The standard InChI is InChI=1S/C20H33N5O.HI/c1-6-21-20(22-13-16-7-9-18(10-8-16)24(4)5)23-17-11-12-25(14-17)19(26)15(2)3;/h7-10,15,17H,6,11-14H2,1-5H3,(H2,21,22,23);1H. The molecule has 27 heavy (non-hydrogen) atoms. The molecule has 1 saturated heterocycles. The maximum atomic E-state index is 12.1. The summed E-state index contributed by atoms with van der Waals surface area (Å²) in [6.45, 7) is 8.98. The van der Waals surface area contributed by atoms with E-state index in [1.165, 1.54) is 11.3 Å². The number of hydrogen-bond donors (Lipinski definition) is 2. The van der Waals surface area contributed by atoms with Crippen LogP contribution in [0, 0.1) is 5.92 Å². The number of rotatable bonds is 6. The normalized spacial score (nSPS) is 16.9. The molecule has 0 radical (unpaired) electrons. The number of halogens is 1. The molecule has 2 rings (SSSR count). The highest BCUT2D eigenvalue weighted by atomic mass is 127. The van der Waals surface area contributed by atoms with Crippen molar-refractivity contribution in [2.24, 2.45) is 10.9 Å². The van der Waals surface area contributed by atoms with Crippen molar-refractivity contribution in [3.63, 3.8) is 0 Å². The van der Waals surface area contributed by atoms with Gasteiger partial charge in [-0.2, -0.15) is 0 Å². The van der Waals surface area contributed by atoms with Gasteiger partial charge in [-0.3, -0.25) is 4.79 Å². The summed E-state index contributed by atoms with van der Waals surface area (Å²) in [5, 5.41) is 6.78. The van der Waals surface area contributed by atoms with Gasteiger partial charge in [-0.25, -0.2) is 4.99 Å². The van der Waals surface area contributed by atoms with Crippen LogP contribution in [0.3, 0.4) is 0 Å². The third-order valence-electron chi connectivity index (χ3n) is 4.55. The van der Waals surface area contributed by atoms with Crippen LogP contribution in [-0.2, 0) is 11.3 Å². The van der Waals surface area contributed by atoms with Gasteiger partial charge < -0.3 is 20.4 Å². The molecule has 6 nitrogen and oxygen atoms in total. The highest BCUT2D eigenvalue weighted by Crippen LogP contribution is 2.14. The van der Waals surface area contributed by atoms with E-state index in [1.807, 2.05) is 32.8 Å². The van der Waals surface area contributed by atoms with Crippen LogP contribution in [-0.4, -0.2) is 56.5 Å². The lowest BCUT2D eigenvalue weighted by Crippen LogP contribution is -2.45. The molecular formula is C20H34IN5O. The monoisotopic (exact) mass is 487 g/mol. The Bertz CT molecular complexity index is 615. The number of amides is 1. The summed E-state index contributed by atoms with van der Waals surface area (Å²) in [7, 11) is 4.07. The van der Waals surface area contributed by atoms with E-state index in [9.17, 15) is 4.79 Å². The van der Waals surface area contributed by atoms with Crippen LogP contribution in [0.1, 0.15) is 32.8 Å². The van der Waals surface area contributed by atoms with Gasteiger partial charge in [-0.1, -0.05) is 26.0 Å². The summed E-state index contributed by atoms with van der Waals surface area (Å²) < 4.78 is 0. The molecule has 7 heteroatoms. The van der Waals surface area contributed by atoms with Crippen LogP contribution >= 0.6 is 24.0 Å². The lowest BCUT2D eigenvalue weighted by atomic mass is 10.2. The Morgan fingerprint density at radius 3 is 2.52 bits per heavy atom. The van der Waals surface area contributed by atoms with Gasteiger partial charge >= 0.3 is 0 Å². The molecule has 1 fully saturated rings. The number of nitrogens with one attached hydrogen (secondary N) is 2. The second-order valence-electron chi connectivity index (χ2n) is 7.32. The molecule has 0 spiro atoms. The number of aliphatic imine (C=N–C) groups is 1. The minimum Gasteiger partial charge on any atom is -0.378 e. The Balaban J connectivity index is 0.00000364. The van der Waals surface area contributed by atoms with E-state index in [4.69, 9.17) is 4.99 Å². The SMILES string of the molecule is CCNC(=NCc1ccc(N(C)C)cc1)NC1CCN(C(=O)C(C)C)C1.I. The molecule has 0 saturated carbocycles. The van der Waals surface area contributed by atoms with Crippen molar-refractivity contribution in [2.45, 2.75) is 39.8 Å². The van der Waals surface area contributed by atoms with E-state index < -0.39 is 0 Å². The number of carbonyl (C=O) groups excluding carboxylic acids is 1. The summed E-state index contributed by atoms with van der Waals surface area (Å²) >= 11 is 0. The fraction of sp³-hybridized carbons (Fsp3) is 0.600. The maximum Gasteiger partial charge on any atom is 0.225 e. The van der Waals surface area contributed by atoms with Crippen LogP contribution < -0.4 is 15.5 Å². The Morgan fingerprint density at radius 1 is 1.30 bits per heavy atom. The van der Waals surface area contributed by atoms with Crippen molar-refractivity contribution in [2.75, 3.05) is 38.6 Å². The molecule has 1 aliphatic heterocycles. The molecule has 1 atom stereocenters. The van der Waals surface area contributed by atoms with Crippen molar-refractivity contribution < 1.29 is 4.79 Å². The molecule has 1 aliphatic rings. The lowest BCUT2D eigenvalue weighted by Gasteiger charge is -2.20. The summed E-state index contributed by atoms with van der Waals surface area (Å²) in [6, 6.07) is 8.70. The number of likely N-dealkylation sites (tertiary alicyclic amines) is 1. The van der Waals surface area contributed by atoms with E-state index in [0.717, 1.165) is 32.0 Å². The first-order valence-electron chi connectivity index (χ1n) is 9.50. The molecule has 1 unspecified atom stereocenters. The molecule has 152 valence electrons. The zero-order valence-corrected chi connectivity index (χ0v) is 19.5. The molecule has 1 aromatic carbocycles. The Morgan fingerprint density at radius 2 is 1.96 bits per heavy atom. The van der Waals surface area contributed by atoms with Crippen LogP contribution in [0.25, 0.3) is 0 Å². The van der Waals surface area contributed by atoms with Crippen LogP contribution in [0.2, 0.25) is 0 Å². The Labute approximate surface area is 180 Å². The van der Waals surface area contributed by atoms with Crippen LogP contribution in [0.15, 0.2) is 29.3 Å². The number of guanidine groups is 1. The molecule has 2 N–H and O–H groups in total. The van der Waals surface area contributed by atoms with Gasteiger partial charge in [0.15, 0.2) is 5.96 Å². The minimum absolute atomic E-state index is 0. The number of carbonyl (C=O) groups is 1. The molecule has 1 amide bonds. The molecule has 1 aromatic rings. The molecule has 1 heterocycles. The second-order valence-corrected chi connectivity index (χ2v) is 7.32. The number of hydrogen-bond acceptors (Lipinski definition) is 3. The quantitative estimate of drug-likeness (QED) is 0.368. The Hall–Kier alpha value is -1.51. The van der Waals surface area contributed by atoms with Gasteiger partial charge in [0.2, 0.25) is 5.91 Å². The van der Waals surface area contributed by atoms with E-state index in [-0.39, 0.29) is 41.8 Å². The van der Waals surface area contributed by atoms with E-state index in [1.54, 1.807) is 0 Å². The number of anilines is 1. The molecule has 0 aliphatic carbocycles. The average Bonchev–Trinajstić information content (AvgIpc) is 3.07. The maximum absolute atomic E-state index is 12.1. The predicted octanol–water partition coefficient (Wildman–Crippen LogP) is 2.68. The Kier molecular flexibility index (Phi) is 9.90. The number of benzene rings is 1. The summed E-state index contributed by atoms with van der Waals surface area (Å²) in [4.78, 5) is 20.9. The van der Waals surface area contributed by atoms with Crippen molar-refractivity contribution in [3.8, 4) is 0 Å². The average molecular weight is 487 g/mol. The first kappa shape index (κ1) is 23.5. The van der Waals surface area contributed by atoms with Gasteiger partial charge in [-0.05, 0) is 31.0 Å². The number of nitrogens with zero attached hydrogens (tertiary/aromatic N) is 3. The van der Waals surface area contributed by atoms with Gasteiger partial charge in [0.25, 0.3) is 0 Å². The largest absolute Gasteiger partial charge is 0.378 e. The first-order chi connectivity index (χ1) is 12.4. The molecule has 0 bridgehead atoms. The zero-order chi connectivity index (χ0) is 19.1. The summed E-state index contributed by atoms with van der Waals surface area (Å²) in [5.41, 5.74) is 2.36. The van der Waals surface area contributed by atoms with E-state index in [0.29, 0.717) is 6.54 Å². The van der Waals surface area contributed by atoms with Crippen molar-refractivity contribution >= 4 is 41.5 Å². The van der Waals surface area contributed by atoms with Crippen LogP contribution in [0.4, 0.5) is 5.69 Å². The summed E-state index contributed by atoms with van der Waals surface area (Å²) in [6.07, 6.45) is 0.959. The van der Waals surface area contributed by atoms with Gasteiger partial charge in [0.05, 0.1) is 6.54 Å². The lowest BCUT2D eigenvalue weighted by molar-refractivity contribution is -0.133. The fourth-order valence-corrected chi connectivity index (χ4v) is 3.03. The van der Waals surface area contributed by atoms with Gasteiger partial charge in [0, 0.05) is 51.4 Å².